The third-order valence-electron chi connectivity index (χ3n) is 12.1. The Morgan fingerprint density at radius 3 is 2.14 bits per heavy atom. The molecule has 0 aromatic rings. The van der Waals surface area contributed by atoms with Crippen LogP contribution in [0.2, 0.25) is 0 Å². The Bertz CT molecular complexity index is 965. The highest BCUT2D eigenvalue weighted by Crippen LogP contribution is 2.51. The summed E-state index contributed by atoms with van der Waals surface area (Å²) in [7, 11) is 0. The van der Waals surface area contributed by atoms with Gasteiger partial charge in [0.05, 0.1) is 0 Å². The van der Waals surface area contributed by atoms with Crippen LogP contribution in [0.15, 0.2) is 11.8 Å². The van der Waals surface area contributed by atoms with Crippen LogP contribution in [0.4, 0.5) is 0 Å². The molecular weight excluding hydrogens is 448 g/mol. The Hall–Kier alpha value is -1.56. The number of hydrogen-bond acceptors (Lipinski definition) is 4. The van der Waals surface area contributed by atoms with Crippen LogP contribution in [-0.4, -0.2) is 87.8 Å². The predicted octanol–water partition coefficient (Wildman–Crippen LogP) is 3.62. The molecule has 0 radical (unpaired) electrons. The molecule has 196 valence electrons. The number of rotatable bonds is 1. The van der Waals surface area contributed by atoms with Crippen LogP contribution in [0.1, 0.15) is 83.5 Å². The minimum atomic E-state index is 0.436. The molecule has 8 aliphatic rings. The molecule has 36 heavy (non-hydrogen) atoms. The summed E-state index contributed by atoms with van der Waals surface area (Å²) in [6.45, 7) is 4.49. The van der Waals surface area contributed by atoms with Gasteiger partial charge >= 0.3 is 0 Å². The van der Waals surface area contributed by atoms with Gasteiger partial charge in [0.2, 0.25) is 11.8 Å². The van der Waals surface area contributed by atoms with Gasteiger partial charge in [-0.05, 0) is 101 Å². The van der Waals surface area contributed by atoms with E-state index in [9.17, 15) is 9.59 Å². The standard InChI is InChI=1S/C30H44N4O2/c35-27-9-1-7-25-22-6-4-14-32-24(12-11-20(30(22)32)18-33(25)27)21-15-23-26-8-2-10-28(36)34(26)17-19-5-3-13-31(16-21)29(19)23/h16,19-20,22-26,29-30H,1-15,17-18H2/t19-,20-,22+,23+,24+,25+,26+,29-,30-/m0/s1. The van der Waals surface area contributed by atoms with Crippen LogP contribution in [0, 0.1) is 23.7 Å². The molecule has 0 bridgehead atoms. The van der Waals surface area contributed by atoms with Crippen LogP contribution in [0.3, 0.4) is 0 Å². The summed E-state index contributed by atoms with van der Waals surface area (Å²) >= 11 is 0. The third-order valence-corrected chi connectivity index (χ3v) is 12.1. The highest BCUT2D eigenvalue weighted by atomic mass is 16.2. The average Bonchev–Trinajstić information content (AvgIpc) is 2.90. The highest BCUT2D eigenvalue weighted by Gasteiger charge is 2.55. The highest BCUT2D eigenvalue weighted by molar-refractivity contribution is 5.78. The molecule has 7 saturated heterocycles. The molecule has 2 amide bonds. The maximum absolute atomic E-state index is 12.9. The van der Waals surface area contributed by atoms with E-state index in [1.165, 1.54) is 70.9 Å². The molecule has 0 N–H and O–H groups in total. The monoisotopic (exact) mass is 492 g/mol. The van der Waals surface area contributed by atoms with Crippen LogP contribution < -0.4 is 0 Å². The second-order valence-corrected chi connectivity index (χ2v) is 13.6. The number of nitrogens with zero attached hydrogens (tertiary/aromatic N) is 4. The molecule has 0 spiro atoms. The van der Waals surface area contributed by atoms with E-state index in [4.69, 9.17) is 0 Å². The van der Waals surface area contributed by atoms with Gasteiger partial charge in [-0.2, -0.15) is 0 Å². The van der Waals surface area contributed by atoms with Crippen molar-refractivity contribution in [3.8, 4) is 0 Å². The van der Waals surface area contributed by atoms with Crippen molar-refractivity contribution in [1.29, 1.82) is 0 Å². The molecule has 9 atom stereocenters. The lowest BCUT2D eigenvalue weighted by molar-refractivity contribution is -0.153. The molecule has 8 heterocycles. The van der Waals surface area contributed by atoms with E-state index < -0.39 is 0 Å². The lowest BCUT2D eigenvalue weighted by Gasteiger charge is -2.62. The Kier molecular flexibility index (Phi) is 5.28. The number of fused-ring (bicyclic) bond motifs is 4. The fraction of sp³-hybridized carbons (Fsp3) is 0.867. The van der Waals surface area contributed by atoms with Gasteiger partial charge in [-0.1, -0.05) is 0 Å². The van der Waals surface area contributed by atoms with Gasteiger partial charge in [-0.15, -0.1) is 0 Å². The maximum Gasteiger partial charge on any atom is 0.222 e. The Morgan fingerprint density at radius 2 is 1.36 bits per heavy atom. The molecule has 8 aliphatic heterocycles. The molecule has 0 aromatic heterocycles. The molecule has 0 aliphatic carbocycles. The number of carbonyl (C=O) groups is 2. The van der Waals surface area contributed by atoms with E-state index in [0.29, 0.717) is 65.7 Å². The lowest BCUT2D eigenvalue weighted by Crippen LogP contribution is -2.69. The van der Waals surface area contributed by atoms with Crippen molar-refractivity contribution in [3.05, 3.63) is 11.8 Å². The molecule has 8 rings (SSSR count). The van der Waals surface area contributed by atoms with Gasteiger partial charge in [0, 0.05) is 74.8 Å². The van der Waals surface area contributed by atoms with Crippen molar-refractivity contribution in [1.82, 2.24) is 19.6 Å². The molecule has 0 unspecified atom stereocenters. The van der Waals surface area contributed by atoms with Crippen molar-refractivity contribution in [2.24, 2.45) is 23.7 Å². The van der Waals surface area contributed by atoms with E-state index in [2.05, 4.69) is 25.8 Å². The number of carbonyl (C=O) groups excluding carboxylic acids is 2. The van der Waals surface area contributed by atoms with Gasteiger partial charge in [0.1, 0.15) is 0 Å². The molecule has 0 aromatic carbocycles. The summed E-state index contributed by atoms with van der Waals surface area (Å²) in [6.07, 6.45) is 17.7. The van der Waals surface area contributed by atoms with Crippen molar-refractivity contribution in [2.75, 3.05) is 26.2 Å². The first-order valence-corrected chi connectivity index (χ1v) is 15.5. The second kappa shape index (κ2) is 8.47. The first-order chi connectivity index (χ1) is 17.7. The summed E-state index contributed by atoms with van der Waals surface area (Å²) in [4.78, 5) is 36.2. The van der Waals surface area contributed by atoms with E-state index >= 15 is 0 Å². The van der Waals surface area contributed by atoms with E-state index in [1.807, 2.05) is 0 Å². The zero-order valence-electron chi connectivity index (χ0n) is 21.9. The minimum absolute atomic E-state index is 0.436. The summed E-state index contributed by atoms with van der Waals surface area (Å²) in [5, 5.41) is 0. The number of amides is 2. The van der Waals surface area contributed by atoms with Crippen LogP contribution >= 0.6 is 0 Å². The summed E-state index contributed by atoms with van der Waals surface area (Å²) in [5.74, 6) is 3.52. The van der Waals surface area contributed by atoms with Crippen LogP contribution in [-0.2, 0) is 9.59 Å². The number of piperidine rings is 7. The largest absolute Gasteiger partial charge is 0.374 e. The van der Waals surface area contributed by atoms with Gasteiger partial charge in [-0.25, -0.2) is 0 Å². The number of hydrogen-bond donors (Lipinski definition) is 0. The van der Waals surface area contributed by atoms with Crippen molar-refractivity contribution >= 4 is 11.8 Å². The normalized spacial score (nSPS) is 46.4. The maximum atomic E-state index is 12.9. The van der Waals surface area contributed by atoms with E-state index in [0.717, 1.165) is 38.8 Å². The Labute approximate surface area is 216 Å². The van der Waals surface area contributed by atoms with Gasteiger partial charge in [0.15, 0.2) is 0 Å². The second-order valence-electron chi connectivity index (χ2n) is 13.6. The smallest absolute Gasteiger partial charge is 0.222 e. The lowest BCUT2D eigenvalue weighted by atomic mass is 9.64. The molecule has 6 heteroatoms. The zero-order valence-corrected chi connectivity index (χ0v) is 21.9. The van der Waals surface area contributed by atoms with Crippen molar-refractivity contribution in [2.45, 2.75) is 114 Å². The van der Waals surface area contributed by atoms with E-state index in [-0.39, 0.29) is 0 Å². The third kappa shape index (κ3) is 3.24. The topological polar surface area (TPSA) is 47.1 Å². The van der Waals surface area contributed by atoms with Gasteiger partial charge < -0.3 is 14.7 Å². The predicted molar refractivity (Wildman–Crippen MR) is 138 cm³/mol. The first-order valence-electron chi connectivity index (χ1n) is 15.5. The Morgan fingerprint density at radius 1 is 0.667 bits per heavy atom. The minimum Gasteiger partial charge on any atom is -0.374 e. The van der Waals surface area contributed by atoms with Gasteiger partial charge in [0.25, 0.3) is 0 Å². The quantitative estimate of drug-likeness (QED) is 0.561. The molecule has 7 fully saturated rings. The molecular formula is C30H44N4O2. The van der Waals surface area contributed by atoms with Gasteiger partial charge in [-0.3, -0.25) is 14.5 Å². The Balaban J connectivity index is 1.10. The van der Waals surface area contributed by atoms with Crippen LogP contribution in [0.5, 0.6) is 0 Å². The van der Waals surface area contributed by atoms with Crippen molar-refractivity contribution < 1.29 is 9.59 Å². The fourth-order valence-electron chi connectivity index (χ4n) is 10.9. The SMILES string of the molecule is O=C1CCC[C@@H]2[C@H]3CC([C@H]4CC[C@H]5CN6C(=O)CCC[C@@H]6[C@H]6CCCN4[C@@H]56)=CN4CCC[C@@H](CN12)[C@@H]34. The molecule has 0 saturated carbocycles. The summed E-state index contributed by atoms with van der Waals surface area (Å²) in [5.41, 5.74) is 1.69. The fourth-order valence-corrected chi connectivity index (χ4v) is 10.9. The van der Waals surface area contributed by atoms with Crippen LogP contribution in [0.25, 0.3) is 0 Å². The first kappa shape index (κ1) is 22.4. The van der Waals surface area contributed by atoms with E-state index in [1.54, 1.807) is 5.57 Å². The van der Waals surface area contributed by atoms with Crippen molar-refractivity contribution in [3.63, 3.8) is 0 Å². The average molecular weight is 493 g/mol. The zero-order chi connectivity index (χ0) is 24.0. The molecule has 6 nitrogen and oxygen atoms in total. The summed E-state index contributed by atoms with van der Waals surface area (Å²) in [6, 6.07) is 2.89. The summed E-state index contributed by atoms with van der Waals surface area (Å²) < 4.78 is 0.